The topological polar surface area (TPSA) is 32.3 Å². The van der Waals surface area contributed by atoms with E-state index in [1.165, 1.54) is 44.9 Å². The molecule has 3 rings (SSSR count). The van der Waals surface area contributed by atoms with Gasteiger partial charge in [-0.2, -0.15) is 0 Å². The molecule has 1 atom stereocenters. The van der Waals surface area contributed by atoms with Crippen LogP contribution in [0.25, 0.3) is 0 Å². The minimum absolute atomic E-state index is 0.223. The molecule has 0 radical (unpaired) electrons. The maximum atomic E-state index is 12.9. The van der Waals surface area contributed by atoms with Gasteiger partial charge in [-0.1, -0.05) is 20.3 Å². The molecule has 1 heterocycles. The number of carbonyl (C=O) groups is 1. The lowest BCUT2D eigenvalue weighted by Crippen LogP contribution is -2.53. The number of rotatable bonds is 5. The van der Waals surface area contributed by atoms with Gasteiger partial charge >= 0.3 is 0 Å². The number of amides is 1. The van der Waals surface area contributed by atoms with Crippen LogP contribution in [-0.2, 0) is 4.79 Å². The molecule has 0 aromatic carbocycles. The number of carbonyl (C=O) groups excluding carboxylic acids is 1. The molecule has 1 saturated heterocycles. The van der Waals surface area contributed by atoms with E-state index in [1.807, 2.05) is 0 Å². The molecule has 20 heavy (non-hydrogen) atoms. The van der Waals surface area contributed by atoms with Crippen molar-refractivity contribution >= 4 is 5.91 Å². The standard InChI is InChI=1S/C17H30N2O/c1-3-13-4-6-15(7-5-13)19(16-8-9-16)17(20)12(2)14-10-18-11-14/h12-16,18H,3-11H2,1-2H3. The smallest absolute Gasteiger partial charge is 0.226 e. The number of hydrogen-bond acceptors (Lipinski definition) is 2. The Hall–Kier alpha value is -0.570. The molecule has 1 aliphatic heterocycles. The minimum Gasteiger partial charge on any atom is -0.336 e. The summed E-state index contributed by atoms with van der Waals surface area (Å²) in [6, 6.07) is 1.13. The Kier molecular flexibility index (Phi) is 4.34. The van der Waals surface area contributed by atoms with E-state index in [-0.39, 0.29) is 5.92 Å². The summed E-state index contributed by atoms with van der Waals surface area (Å²) in [4.78, 5) is 15.2. The molecule has 1 N–H and O–H groups in total. The summed E-state index contributed by atoms with van der Waals surface area (Å²) < 4.78 is 0. The molecule has 3 heteroatoms. The van der Waals surface area contributed by atoms with Gasteiger partial charge in [-0.15, -0.1) is 0 Å². The second-order valence-electron chi connectivity index (χ2n) is 7.27. The van der Waals surface area contributed by atoms with Crippen molar-refractivity contribution in [2.45, 2.75) is 70.9 Å². The van der Waals surface area contributed by atoms with Gasteiger partial charge in [-0.05, 0) is 63.5 Å². The van der Waals surface area contributed by atoms with Crippen LogP contribution in [0.5, 0.6) is 0 Å². The summed E-state index contributed by atoms with van der Waals surface area (Å²) in [5.74, 6) is 2.17. The van der Waals surface area contributed by atoms with Gasteiger partial charge in [0.1, 0.15) is 0 Å². The first-order valence-corrected chi connectivity index (χ1v) is 8.73. The van der Waals surface area contributed by atoms with E-state index >= 15 is 0 Å². The number of nitrogens with zero attached hydrogens (tertiary/aromatic N) is 1. The van der Waals surface area contributed by atoms with E-state index in [0.29, 0.717) is 23.9 Å². The van der Waals surface area contributed by atoms with Crippen molar-refractivity contribution in [1.82, 2.24) is 10.2 Å². The molecule has 114 valence electrons. The highest BCUT2D eigenvalue weighted by molar-refractivity contribution is 5.80. The van der Waals surface area contributed by atoms with Crippen LogP contribution in [0.15, 0.2) is 0 Å². The average Bonchev–Trinajstić information content (AvgIpc) is 3.22. The summed E-state index contributed by atoms with van der Waals surface area (Å²) in [6.45, 7) is 6.53. The Balaban J connectivity index is 1.62. The molecule has 2 saturated carbocycles. The predicted octanol–water partition coefficient (Wildman–Crippen LogP) is 2.80. The Morgan fingerprint density at radius 3 is 2.05 bits per heavy atom. The van der Waals surface area contributed by atoms with E-state index in [2.05, 4.69) is 24.1 Å². The van der Waals surface area contributed by atoms with Crippen molar-refractivity contribution in [1.29, 1.82) is 0 Å². The van der Waals surface area contributed by atoms with Gasteiger partial charge in [0.2, 0.25) is 5.91 Å². The first kappa shape index (κ1) is 14.4. The minimum atomic E-state index is 0.223. The number of nitrogens with one attached hydrogen (secondary N) is 1. The molecule has 1 unspecified atom stereocenters. The van der Waals surface area contributed by atoms with Crippen LogP contribution in [0.3, 0.4) is 0 Å². The third-order valence-corrected chi connectivity index (χ3v) is 5.89. The van der Waals surface area contributed by atoms with Gasteiger partial charge in [0.25, 0.3) is 0 Å². The lowest BCUT2D eigenvalue weighted by Gasteiger charge is -2.41. The zero-order valence-corrected chi connectivity index (χ0v) is 13.1. The molecular weight excluding hydrogens is 248 g/mol. The maximum Gasteiger partial charge on any atom is 0.226 e. The average molecular weight is 278 g/mol. The molecule has 0 aromatic heterocycles. The summed E-state index contributed by atoms with van der Waals surface area (Å²) in [5, 5.41) is 3.30. The molecule has 3 nitrogen and oxygen atoms in total. The molecule has 3 fully saturated rings. The summed E-state index contributed by atoms with van der Waals surface area (Å²) in [5.41, 5.74) is 0. The van der Waals surface area contributed by atoms with Crippen LogP contribution < -0.4 is 5.32 Å². The van der Waals surface area contributed by atoms with Crippen molar-refractivity contribution in [3.8, 4) is 0 Å². The van der Waals surface area contributed by atoms with Crippen LogP contribution in [-0.4, -0.2) is 36.0 Å². The van der Waals surface area contributed by atoms with Gasteiger partial charge in [-0.3, -0.25) is 4.79 Å². The molecule has 0 aromatic rings. The SMILES string of the molecule is CCC1CCC(N(C(=O)C(C)C2CNC2)C2CC2)CC1. The highest BCUT2D eigenvalue weighted by Gasteiger charge is 2.42. The van der Waals surface area contributed by atoms with Crippen LogP contribution in [0.2, 0.25) is 0 Å². The van der Waals surface area contributed by atoms with Crippen LogP contribution >= 0.6 is 0 Å². The lowest BCUT2D eigenvalue weighted by molar-refractivity contribution is -0.141. The van der Waals surface area contributed by atoms with Crippen molar-refractivity contribution in [2.24, 2.45) is 17.8 Å². The molecule has 2 aliphatic carbocycles. The summed E-state index contributed by atoms with van der Waals surface area (Å²) in [7, 11) is 0. The predicted molar refractivity (Wildman–Crippen MR) is 81.4 cm³/mol. The van der Waals surface area contributed by atoms with Gasteiger partial charge in [-0.25, -0.2) is 0 Å². The van der Waals surface area contributed by atoms with Crippen LogP contribution in [0, 0.1) is 17.8 Å². The van der Waals surface area contributed by atoms with Gasteiger partial charge in [0, 0.05) is 18.0 Å². The van der Waals surface area contributed by atoms with Gasteiger partial charge in [0.15, 0.2) is 0 Å². The highest BCUT2D eigenvalue weighted by atomic mass is 16.2. The van der Waals surface area contributed by atoms with E-state index in [9.17, 15) is 4.79 Å². The van der Waals surface area contributed by atoms with Gasteiger partial charge < -0.3 is 10.2 Å². The largest absolute Gasteiger partial charge is 0.336 e. The zero-order chi connectivity index (χ0) is 14.1. The second kappa shape index (κ2) is 6.05. The highest BCUT2D eigenvalue weighted by Crippen LogP contribution is 2.37. The Bertz CT molecular complexity index is 341. The molecule has 0 bridgehead atoms. The summed E-state index contributed by atoms with van der Waals surface area (Å²) in [6.07, 6.45) is 8.96. The molecule has 0 spiro atoms. The third kappa shape index (κ3) is 2.88. The van der Waals surface area contributed by atoms with Crippen molar-refractivity contribution in [3.63, 3.8) is 0 Å². The fourth-order valence-electron chi connectivity index (χ4n) is 3.94. The fraction of sp³-hybridized carbons (Fsp3) is 0.941. The van der Waals surface area contributed by atoms with E-state index in [1.54, 1.807) is 0 Å². The Morgan fingerprint density at radius 1 is 1.10 bits per heavy atom. The first-order chi connectivity index (χ1) is 9.70. The van der Waals surface area contributed by atoms with Crippen LogP contribution in [0.1, 0.15) is 58.8 Å². The van der Waals surface area contributed by atoms with E-state index in [4.69, 9.17) is 0 Å². The van der Waals surface area contributed by atoms with Crippen molar-refractivity contribution in [2.75, 3.05) is 13.1 Å². The van der Waals surface area contributed by atoms with E-state index in [0.717, 1.165) is 19.0 Å². The third-order valence-electron chi connectivity index (χ3n) is 5.89. The lowest BCUT2D eigenvalue weighted by atomic mass is 9.82. The zero-order valence-electron chi connectivity index (χ0n) is 13.1. The maximum absolute atomic E-state index is 12.9. The van der Waals surface area contributed by atoms with E-state index < -0.39 is 0 Å². The van der Waals surface area contributed by atoms with Crippen LogP contribution in [0.4, 0.5) is 0 Å². The van der Waals surface area contributed by atoms with Gasteiger partial charge in [0.05, 0.1) is 0 Å². The Labute approximate surface area is 123 Å². The normalized spacial score (nSPS) is 32.5. The quantitative estimate of drug-likeness (QED) is 0.838. The second-order valence-corrected chi connectivity index (χ2v) is 7.27. The number of hydrogen-bond donors (Lipinski definition) is 1. The van der Waals surface area contributed by atoms with Crippen molar-refractivity contribution < 1.29 is 4.79 Å². The monoisotopic (exact) mass is 278 g/mol. The fourth-order valence-corrected chi connectivity index (χ4v) is 3.94. The van der Waals surface area contributed by atoms with Crippen molar-refractivity contribution in [3.05, 3.63) is 0 Å². The molecule has 3 aliphatic rings. The molecular formula is C17H30N2O. The summed E-state index contributed by atoms with van der Waals surface area (Å²) >= 11 is 0. The molecule has 1 amide bonds. The Morgan fingerprint density at radius 2 is 1.65 bits per heavy atom. The first-order valence-electron chi connectivity index (χ1n) is 8.73.